The number of aliphatic carboxylic acids is 1. The summed E-state index contributed by atoms with van der Waals surface area (Å²) in [6.45, 7) is 0. The van der Waals surface area contributed by atoms with Gasteiger partial charge in [0.2, 0.25) is 5.91 Å². The van der Waals surface area contributed by atoms with E-state index in [4.69, 9.17) is 10.8 Å². The lowest BCUT2D eigenvalue weighted by Crippen LogP contribution is -2.43. The summed E-state index contributed by atoms with van der Waals surface area (Å²) in [7, 11) is 1.20. The fourth-order valence-electron chi connectivity index (χ4n) is 0.998. The second-order valence-electron chi connectivity index (χ2n) is 3.31. The second-order valence-corrected chi connectivity index (χ2v) is 3.67. The van der Waals surface area contributed by atoms with Gasteiger partial charge in [0.25, 0.3) is 0 Å². The number of hydrogen-bond acceptors (Lipinski definition) is 6. The summed E-state index contributed by atoms with van der Waals surface area (Å²) in [5.41, 5.74) is 5.23. The number of hydrogen-bond donors (Lipinski definition) is 4. The van der Waals surface area contributed by atoms with Crippen molar-refractivity contribution in [2.75, 3.05) is 12.9 Å². The average Bonchev–Trinajstić information content (AvgIpc) is 2.31. The van der Waals surface area contributed by atoms with Crippen LogP contribution in [0, 0.1) is 0 Å². The van der Waals surface area contributed by atoms with Crippen LogP contribution in [0.1, 0.15) is 12.8 Å². The predicted octanol–water partition coefficient (Wildman–Crippen LogP) is -1.23. The lowest BCUT2D eigenvalue weighted by Gasteiger charge is -2.14. The van der Waals surface area contributed by atoms with Crippen molar-refractivity contribution in [1.82, 2.24) is 5.32 Å². The number of carboxylic acid groups (broad SMARTS) is 1. The van der Waals surface area contributed by atoms with Gasteiger partial charge in [0.15, 0.2) is 0 Å². The molecule has 7 nitrogen and oxygen atoms in total. The van der Waals surface area contributed by atoms with E-state index in [9.17, 15) is 14.4 Å². The Morgan fingerprint density at radius 3 is 2.47 bits per heavy atom. The van der Waals surface area contributed by atoms with E-state index in [2.05, 4.69) is 22.7 Å². The highest BCUT2D eigenvalue weighted by Crippen LogP contribution is 1.98. The summed E-state index contributed by atoms with van der Waals surface area (Å²) in [6.07, 6.45) is -0.0730. The Morgan fingerprint density at radius 2 is 2.06 bits per heavy atom. The maximum Gasteiger partial charge on any atom is 0.329 e. The minimum atomic E-state index is -1.17. The molecule has 2 atom stereocenters. The van der Waals surface area contributed by atoms with Gasteiger partial charge < -0.3 is 20.9 Å². The summed E-state index contributed by atoms with van der Waals surface area (Å²) < 4.78 is 4.45. The minimum absolute atomic E-state index is 0.00162. The van der Waals surface area contributed by atoms with Crippen LogP contribution in [0.4, 0.5) is 0 Å². The third kappa shape index (κ3) is 6.12. The predicted molar refractivity (Wildman–Crippen MR) is 62.6 cm³/mol. The van der Waals surface area contributed by atoms with Crippen molar-refractivity contribution in [3.05, 3.63) is 0 Å². The molecule has 0 aromatic heterocycles. The van der Waals surface area contributed by atoms with Crippen LogP contribution >= 0.6 is 12.6 Å². The highest BCUT2D eigenvalue weighted by molar-refractivity contribution is 7.80. The lowest BCUT2D eigenvalue weighted by atomic mass is 10.1. The normalized spacial score (nSPS) is 13.6. The van der Waals surface area contributed by atoms with Gasteiger partial charge in [-0.15, -0.1) is 0 Å². The molecule has 0 fully saturated rings. The number of nitrogens with one attached hydrogen (secondary N) is 1. The molecule has 0 aliphatic rings. The lowest BCUT2D eigenvalue weighted by molar-refractivity contribution is -0.144. The molecule has 0 aromatic carbocycles. The molecule has 4 N–H and O–H groups in total. The first-order chi connectivity index (χ1) is 7.92. The van der Waals surface area contributed by atoms with Crippen LogP contribution in [-0.2, 0) is 19.1 Å². The molecule has 0 heterocycles. The number of esters is 1. The van der Waals surface area contributed by atoms with Crippen LogP contribution in [0.5, 0.6) is 0 Å². The van der Waals surface area contributed by atoms with Gasteiger partial charge >= 0.3 is 11.9 Å². The Morgan fingerprint density at radius 1 is 1.47 bits per heavy atom. The van der Waals surface area contributed by atoms with Gasteiger partial charge in [0.05, 0.1) is 7.11 Å². The SMILES string of the molecule is COC(=O)[C@H](CS)NC(=O)CC[C@H](N)C(=O)O. The third-order valence-electron chi connectivity index (χ3n) is 2.00. The summed E-state index contributed by atoms with van der Waals surface area (Å²) in [5.74, 6) is -2.14. The summed E-state index contributed by atoms with van der Waals surface area (Å²) in [4.78, 5) is 32.9. The van der Waals surface area contributed by atoms with E-state index >= 15 is 0 Å². The standard InChI is InChI=1S/C9H16N2O5S/c1-16-9(15)6(4-17)11-7(12)3-2-5(10)8(13)14/h5-6,17H,2-4,10H2,1H3,(H,11,12)(H,13,14)/t5-,6-/m0/s1. The van der Waals surface area contributed by atoms with Crippen LogP contribution in [0.3, 0.4) is 0 Å². The zero-order valence-corrected chi connectivity index (χ0v) is 10.3. The molecule has 0 bridgehead atoms. The number of rotatable bonds is 7. The molecule has 0 saturated carbocycles. The van der Waals surface area contributed by atoms with Gasteiger partial charge in [-0.05, 0) is 6.42 Å². The van der Waals surface area contributed by atoms with Crippen LogP contribution in [0.2, 0.25) is 0 Å². The van der Waals surface area contributed by atoms with Gasteiger partial charge in [0.1, 0.15) is 12.1 Å². The Hall–Kier alpha value is -1.28. The summed E-state index contributed by atoms with van der Waals surface area (Å²) in [5, 5.41) is 10.9. The van der Waals surface area contributed by atoms with Gasteiger partial charge in [-0.25, -0.2) is 4.79 Å². The number of amides is 1. The van der Waals surface area contributed by atoms with Crippen molar-refractivity contribution in [2.24, 2.45) is 5.73 Å². The number of methoxy groups -OCH3 is 1. The molecule has 0 aliphatic heterocycles. The Kier molecular flexibility index (Phi) is 7.31. The van der Waals surface area contributed by atoms with Gasteiger partial charge in [0, 0.05) is 12.2 Å². The monoisotopic (exact) mass is 264 g/mol. The summed E-state index contributed by atoms with van der Waals surface area (Å²) >= 11 is 3.89. The topological polar surface area (TPSA) is 119 Å². The highest BCUT2D eigenvalue weighted by atomic mass is 32.1. The van der Waals surface area contributed by atoms with E-state index in [-0.39, 0.29) is 18.6 Å². The molecule has 0 aliphatic carbocycles. The van der Waals surface area contributed by atoms with E-state index in [1.54, 1.807) is 0 Å². The van der Waals surface area contributed by atoms with Crippen molar-refractivity contribution >= 4 is 30.5 Å². The van der Waals surface area contributed by atoms with Crippen molar-refractivity contribution in [3.8, 4) is 0 Å². The third-order valence-corrected chi connectivity index (χ3v) is 2.37. The van der Waals surface area contributed by atoms with Crippen molar-refractivity contribution < 1.29 is 24.2 Å². The van der Waals surface area contributed by atoms with Crippen LogP contribution in [0.25, 0.3) is 0 Å². The second kappa shape index (κ2) is 7.91. The zero-order chi connectivity index (χ0) is 13.4. The minimum Gasteiger partial charge on any atom is -0.480 e. The quantitative estimate of drug-likeness (QED) is 0.337. The van der Waals surface area contributed by atoms with E-state index in [1.807, 2.05) is 0 Å². The van der Waals surface area contributed by atoms with Gasteiger partial charge in [-0.3, -0.25) is 9.59 Å². The molecule has 1 amide bonds. The van der Waals surface area contributed by atoms with E-state index in [0.29, 0.717) is 0 Å². The maximum atomic E-state index is 11.4. The Balaban J connectivity index is 4.08. The average molecular weight is 264 g/mol. The van der Waals surface area contributed by atoms with Crippen molar-refractivity contribution in [2.45, 2.75) is 24.9 Å². The Bertz CT molecular complexity index is 297. The van der Waals surface area contributed by atoms with Crippen LogP contribution in [0.15, 0.2) is 0 Å². The number of carbonyl (C=O) groups is 3. The fourth-order valence-corrected chi connectivity index (χ4v) is 1.24. The fraction of sp³-hybridized carbons (Fsp3) is 0.667. The molecular formula is C9H16N2O5S. The van der Waals surface area contributed by atoms with Gasteiger partial charge in [-0.2, -0.15) is 12.6 Å². The van der Waals surface area contributed by atoms with E-state index in [1.165, 1.54) is 7.11 Å². The largest absolute Gasteiger partial charge is 0.480 e. The first-order valence-electron chi connectivity index (χ1n) is 4.88. The smallest absolute Gasteiger partial charge is 0.329 e. The van der Waals surface area contributed by atoms with Crippen molar-refractivity contribution in [3.63, 3.8) is 0 Å². The number of ether oxygens (including phenoxy) is 1. The number of thiol groups is 1. The Labute approximate surface area is 104 Å². The zero-order valence-electron chi connectivity index (χ0n) is 9.38. The molecule has 0 radical (unpaired) electrons. The molecule has 98 valence electrons. The van der Waals surface area contributed by atoms with E-state index < -0.39 is 29.9 Å². The molecule has 0 rings (SSSR count). The number of carboxylic acids is 1. The molecular weight excluding hydrogens is 248 g/mol. The van der Waals surface area contributed by atoms with Crippen LogP contribution in [-0.4, -0.2) is 47.9 Å². The molecule has 0 saturated heterocycles. The molecule has 8 heteroatoms. The maximum absolute atomic E-state index is 11.4. The first kappa shape index (κ1) is 15.7. The molecule has 0 unspecified atom stereocenters. The number of carbonyl (C=O) groups excluding carboxylic acids is 2. The molecule has 0 spiro atoms. The number of nitrogens with two attached hydrogens (primary N) is 1. The summed E-state index contributed by atoms with van der Waals surface area (Å²) in [6, 6.07) is -1.93. The van der Waals surface area contributed by atoms with E-state index in [0.717, 1.165) is 0 Å². The van der Waals surface area contributed by atoms with Gasteiger partial charge in [-0.1, -0.05) is 0 Å². The van der Waals surface area contributed by atoms with Crippen LogP contribution < -0.4 is 11.1 Å². The van der Waals surface area contributed by atoms with Crippen molar-refractivity contribution in [1.29, 1.82) is 0 Å². The first-order valence-corrected chi connectivity index (χ1v) is 5.52. The highest BCUT2D eigenvalue weighted by Gasteiger charge is 2.20. The molecule has 17 heavy (non-hydrogen) atoms. The molecule has 0 aromatic rings.